The summed E-state index contributed by atoms with van der Waals surface area (Å²) >= 11 is 0. The first-order valence-electron chi connectivity index (χ1n) is 9.38. The van der Waals surface area contributed by atoms with E-state index in [9.17, 15) is 8.42 Å². The summed E-state index contributed by atoms with van der Waals surface area (Å²) in [6.45, 7) is 0.687. The summed E-state index contributed by atoms with van der Waals surface area (Å²) in [5.41, 5.74) is 1.93. The summed E-state index contributed by atoms with van der Waals surface area (Å²) in [6.07, 6.45) is 5.34. The smallest absolute Gasteiger partial charge is 0.243 e. The lowest BCUT2D eigenvalue weighted by Gasteiger charge is -2.25. The van der Waals surface area contributed by atoms with Gasteiger partial charge in [-0.2, -0.15) is 9.40 Å². The van der Waals surface area contributed by atoms with Crippen LogP contribution < -0.4 is 4.74 Å². The molecule has 0 fully saturated rings. The Morgan fingerprint density at radius 1 is 0.967 bits per heavy atom. The zero-order chi connectivity index (χ0) is 20.6. The third-order valence-corrected chi connectivity index (χ3v) is 6.86. The molecule has 1 aliphatic rings. The van der Waals surface area contributed by atoms with Crippen molar-refractivity contribution in [3.8, 4) is 17.2 Å². The molecule has 0 saturated heterocycles. The molecule has 9 heteroatoms. The van der Waals surface area contributed by atoms with Crippen LogP contribution in [-0.2, 0) is 23.0 Å². The van der Waals surface area contributed by atoms with Gasteiger partial charge in [0.1, 0.15) is 29.9 Å². The van der Waals surface area contributed by atoms with E-state index >= 15 is 0 Å². The summed E-state index contributed by atoms with van der Waals surface area (Å²) in [5.74, 6) is 1.89. The number of aromatic nitrogens is 3. The fourth-order valence-corrected chi connectivity index (χ4v) is 4.79. The molecule has 0 saturated carbocycles. The van der Waals surface area contributed by atoms with Gasteiger partial charge in [-0.25, -0.2) is 18.1 Å². The SMILES string of the molecule is O=S(=O)(c1ccc(Oc2ccc(-n3cncn3)cc2)cc1)N1CCc2ccoc2C1. The van der Waals surface area contributed by atoms with E-state index in [0.29, 0.717) is 30.2 Å². The molecule has 5 rings (SSSR count). The van der Waals surface area contributed by atoms with Crippen molar-refractivity contribution in [2.75, 3.05) is 6.54 Å². The first kappa shape index (κ1) is 18.6. The molecule has 1 aliphatic heterocycles. The van der Waals surface area contributed by atoms with Crippen LogP contribution in [0.1, 0.15) is 11.3 Å². The zero-order valence-electron chi connectivity index (χ0n) is 15.9. The maximum Gasteiger partial charge on any atom is 0.243 e. The molecule has 2 aromatic carbocycles. The van der Waals surface area contributed by atoms with Crippen molar-refractivity contribution >= 4 is 10.0 Å². The molecule has 8 nitrogen and oxygen atoms in total. The Morgan fingerprint density at radius 3 is 2.40 bits per heavy atom. The number of ether oxygens (including phenoxy) is 1. The molecule has 3 heterocycles. The number of hydrogen-bond donors (Lipinski definition) is 0. The largest absolute Gasteiger partial charge is 0.468 e. The molecule has 0 aliphatic carbocycles. The van der Waals surface area contributed by atoms with Crippen LogP contribution in [-0.4, -0.2) is 34.0 Å². The van der Waals surface area contributed by atoms with Crippen LogP contribution in [0.4, 0.5) is 0 Å². The number of benzene rings is 2. The van der Waals surface area contributed by atoms with E-state index in [0.717, 1.165) is 11.3 Å². The highest BCUT2D eigenvalue weighted by Crippen LogP contribution is 2.28. The quantitative estimate of drug-likeness (QED) is 0.490. The molecular formula is C21H18N4O4S. The first-order valence-corrected chi connectivity index (χ1v) is 10.8. The molecule has 0 unspecified atom stereocenters. The lowest BCUT2D eigenvalue weighted by atomic mass is 10.1. The number of rotatable bonds is 5. The Balaban J connectivity index is 1.29. The van der Waals surface area contributed by atoms with Crippen molar-refractivity contribution in [3.05, 3.63) is 84.8 Å². The fraction of sp³-hybridized carbons (Fsp3) is 0.143. The number of fused-ring (bicyclic) bond motifs is 1. The van der Waals surface area contributed by atoms with Crippen molar-refractivity contribution < 1.29 is 17.6 Å². The maximum absolute atomic E-state index is 13.0. The molecular weight excluding hydrogens is 404 g/mol. The topological polar surface area (TPSA) is 90.5 Å². The summed E-state index contributed by atoms with van der Waals surface area (Å²) in [4.78, 5) is 4.15. The van der Waals surface area contributed by atoms with E-state index in [1.54, 1.807) is 41.5 Å². The molecule has 30 heavy (non-hydrogen) atoms. The van der Waals surface area contributed by atoms with Gasteiger partial charge in [-0.3, -0.25) is 0 Å². The second kappa shape index (κ2) is 7.43. The van der Waals surface area contributed by atoms with Gasteiger partial charge in [-0.15, -0.1) is 0 Å². The van der Waals surface area contributed by atoms with E-state index in [-0.39, 0.29) is 11.4 Å². The Labute approximate surface area is 173 Å². The zero-order valence-corrected chi connectivity index (χ0v) is 16.7. The molecule has 0 radical (unpaired) electrons. The standard InChI is InChI=1S/C21H18N4O4S/c26-30(27,24-11-9-16-10-12-28-21(16)13-24)20-7-5-19(6-8-20)29-18-3-1-17(2-4-18)25-15-22-14-23-25/h1-8,10,12,14-15H,9,11,13H2. The summed E-state index contributed by atoms with van der Waals surface area (Å²) in [5, 5.41) is 4.08. The number of furan rings is 1. The van der Waals surface area contributed by atoms with Crippen molar-refractivity contribution in [2.24, 2.45) is 0 Å². The van der Waals surface area contributed by atoms with E-state index in [4.69, 9.17) is 9.15 Å². The molecule has 152 valence electrons. The van der Waals surface area contributed by atoms with Crippen molar-refractivity contribution in [3.63, 3.8) is 0 Å². The molecule has 0 atom stereocenters. The average molecular weight is 422 g/mol. The van der Waals surface area contributed by atoms with E-state index in [1.165, 1.54) is 10.6 Å². The molecule has 0 N–H and O–H groups in total. The predicted octanol–water partition coefficient (Wildman–Crippen LogP) is 3.40. The van der Waals surface area contributed by atoms with Crippen LogP contribution in [0, 0.1) is 0 Å². The van der Waals surface area contributed by atoms with Crippen LogP contribution in [0.15, 0.2) is 82.8 Å². The number of hydrogen-bond acceptors (Lipinski definition) is 6. The predicted molar refractivity (Wildman–Crippen MR) is 108 cm³/mol. The third-order valence-electron chi connectivity index (χ3n) is 5.01. The monoisotopic (exact) mass is 422 g/mol. The lowest BCUT2D eigenvalue weighted by molar-refractivity contribution is 0.343. The summed E-state index contributed by atoms with van der Waals surface area (Å²) < 4.78 is 40.3. The van der Waals surface area contributed by atoms with Gasteiger partial charge in [0.05, 0.1) is 23.4 Å². The lowest BCUT2D eigenvalue weighted by Crippen LogP contribution is -2.35. The van der Waals surface area contributed by atoms with Gasteiger partial charge in [0.25, 0.3) is 0 Å². The number of nitrogens with zero attached hydrogens (tertiary/aromatic N) is 4. The normalized spacial score (nSPS) is 14.4. The van der Waals surface area contributed by atoms with Gasteiger partial charge in [-0.05, 0) is 66.6 Å². The van der Waals surface area contributed by atoms with Gasteiger partial charge >= 0.3 is 0 Å². The maximum atomic E-state index is 13.0. The van der Waals surface area contributed by atoms with Crippen LogP contribution in [0.5, 0.6) is 11.5 Å². The molecule has 2 aromatic heterocycles. The van der Waals surface area contributed by atoms with Crippen molar-refractivity contribution in [1.29, 1.82) is 0 Å². The van der Waals surface area contributed by atoms with Gasteiger partial charge in [0.15, 0.2) is 0 Å². The van der Waals surface area contributed by atoms with E-state index in [2.05, 4.69) is 10.1 Å². The summed E-state index contributed by atoms with van der Waals surface area (Å²) in [7, 11) is -3.60. The second-order valence-corrected chi connectivity index (χ2v) is 8.80. The van der Waals surface area contributed by atoms with Crippen LogP contribution >= 0.6 is 0 Å². The van der Waals surface area contributed by atoms with Gasteiger partial charge in [-0.1, -0.05) is 0 Å². The highest BCUT2D eigenvalue weighted by molar-refractivity contribution is 7.89. The minimum absolute atomic E-state index is 0.228. The highest BCUT2D eigenvalue weighted by atomic mass is 32.2. The minimum Gasteiger partial charge on any atom is -0.468 e. The Morgan fingerprint density at radius 2 is 1.70 bits per heavy atom. The molecule has 0 bridgehead atoms. The average Bonchev–Trinajstić information content (AvgIpc) is 3.46. The van der Waals surface area contributed by atoms with Crippen molar-refractivity contribution in [2.45, 2.75) is 17.9 Å². The van der Waals surface area contributed by atoms with Crippen LogP contribution in [0.2, 0.25) is 0 Å². The Kier molecular flexibility index (Phi) is 4.61. The third kappa shape index (κ3) is 3.49. The van der Waals surface area contributed by atoms with E-state index < -0.39 is 10.0 Å². The highest BCUT2D eigenvalue weighted by Gasteiger charge is 2.29. The Bertz CT molecular complexity index is 1250. The van der Waals surface area contributed by atoms with Gasteiger partial charge in [0.2, 0.25) is 10.0 Å². The molecule has 0 spiro atoms. The minimum atomic E-state index is -3.60. The molecule has 4 aromatic rings. The second-order valence-electron chi connectivity index (χ2n) is 6.87. The van der Waals surface area contributed by atoms with Gasteiger partial charge < -0.3 is 9.15 Å². The first-order chi connectivity index (χ1) is 14.6. The van der Waals surface area contributed by atoms with Crippen LogP contribution in [0.3, 0.4) is 0 Å². The van der Waals surface area contributed by atoms with Gasteiger partial charge in [0, 0.05) is 6.54 Å². The molecule has 0 amide bonds. The number of sulfonamides is 1. The van der Waals surface area contributed by atoms with Crippen molar-refractivity contribution in [1.82, 2.24) is 19.1 Å². The van der Waals surface area contributed by atoms with E-state index in [1.807, 2.05) is 30.3 Å². The Hall–Kier alpha value is -3.43. The van der Waals surface area contributed by atoms with Crippen LogP contribution in [0.25, 0.3) is 5.69 Å². The summed E-state index contributed by atoms with van der Waals surface area (Å²) in [6, 6.07) is 15.7. The fourth-order valence-electron chi connectivity index (χ4n) is 3.39.